The van der Waals surface area contributed by atoms with Crippen LogP contribution in [0.25, 0.3) is 0 Å². The molecule has 1 N–H and O–H groups in total. The van der Waals surface area contributed by atoms with Gasteiger partial charge in [-0.3, -0.25) is 4.79 Å². The van der Waals surface area contributed by atoms with Crippen LogP contribution in [0.4, 0.5) is 6.01 Å². The molecule has 1 aliphatic heterocycles. The van der Waals surface area contributed by atoms with Crippen LogP contribution >= 0.6 is 0 Å². The lowest BCUT2D eigenvalue weighted by Crippen LogP contribution is -2.29. The van der Waals surface area contributed by atoms with E-state index in [2.05, 4.69) is 20.4 Å². The van der Waals surface area contributed by atoms with Gasteiger partial charge in [0.2, 0.25) is 5.89 Å². The number of carbonyl (C=O) groups excluding carboxylic acids is 1. The van der Waals surface area contributed by atoms with Gasteiger partial charge in [-0.15, -0.1) is 5.10 Å². The zero-order valence-electron chi connectivity index (χ0n) is 16.2. The standard InChI is InChI=1S/C22H24N4O2/c1-15-12-16(2)14-18(13-15)20(27)23-19(17-8-4-3-5-9-17)21-24-25-22(28-21)26-10-6-7-11-26/h3-5,8-9,12-14,19H,6-7,10-11H2,1-2H3,(H,23,27)/t19-/m1/s1. The van der Waals surface area contributed by atoms with Crippen molar-refractivity contribution >= 4 is 11.9 Å². The Morgan fingerprint density at radius 3 is 2.39 bits per heavy atom. The van der Waals surface area contributed by atoms with Gasteiger partial charge in [-0.1, -0.05) is 52.6 Å². The van der Waals surface area contributed by atoms with Gasteiger partial charge in [0.15, 0.2) is 0 Å². The molecule has 1 fully saturated rings. The minimum Gasteiger partial charge on any atom is -0.405 e. The van der Waals surface area contributed by atoms with Crippen molar-refractivity contribution in [1.29, 1.82) is 0 Å². The highest BCUT2D eigenvalue weighted by molar-refractivity contribution is 5.95. The summed E-state index contributed by atoms with van der Waals surface area (Å²) in [6, 6.07) is 15.5. The summed E-state index contributed by atoms with van der Waals surface area (Å²) in [7, 11) is 0. The minimum atomic E-state index is -0.502. The monoisotopic (exact) mass is 376 g/mol. The van der Waals surface area contributed by atoms with Crippen LogP contribution in [0.5, 0.6) is 0 Å². The van der Waals surface area contributed by atoms with Gasteiger partial charge in [-0.25, -0.2) is 0 Å². The average molecular weight is 376 g/mol. The molecular weight excluding hydrogens is 352 g/mol. The van der Waals surface area contributed by atoms with E-state index in [1.807, 2.05) is 62.4 Å². The molecule has 144 valence electrons. The van der Waals surface area contributed by atoms with Gasteiger partial charge in [-0.2, -0.15) is 0 Å². The Bertz CT molecular complexity index is 941. The lowest BCUT2D eigenvalue weighted by atomic mass is 10.0. The van der Waals surface area contributed by atoms with E-state index in [1.54, 1.807) is 0 Å². The van der Waals surface area contributed by atoms with Crippen LogP contribution in [0.3, 0.4) is 0 Å². The number of hydrogen-bond donors (Lipinski definition) is 1. The maximum Gasteiger partial charge on any atom is 0.318 e. The molecule has 1 amide bonds. The molecule has 6 nitrogen and oxygen atoms in total. The van der Waals surface area contributed by atoms with E-state index < -0.39 is 6.04 Å². The van der Waals surface area contributed by atoms with Gasteiger partial charge in [0.25, 0.3) is 5.91 Å². The lowest BCUT2D eigenvalue weighted by Gasteiger charge is -2.17. The Kier molecular flexibility index (Phi) is 5.10. The van der Waals surface area contributed by atoms with Crippen LogP contribution in [0.15, 0.2) is 52.9 Å². The molecule has 2 heterocycles. The van der Waals surface area contributed by atoms with Crippen molar-refractivity contribution in [2.75, 3.05) is 18.0 Å². The number of aryl methyl sites for hydroxylation is 2. The molecule has 0 aliphatic carbocycles. The first kappa shape index (κ1) is 18.2. The maximum absolute atomic E-state index is 13.0. The van der Waals surface area contributed by atoms with Crippen molar-refractivity contribution in [1.82, 2.24) is 15.5 Å². The third kappa shape index (κ3) is 3.91. The van der Waals surface area contributed by atoms with E-state index in [0.717, 1.165) is 42.6 Å². The molecule has 0 saturated carbocycles. The smallest absolute Gasteiger partial charge is 0.318 e. The predicted octanol–water partition coefficient (Wildman–Crippen LogP) is 3.81. The largest absolute Gasteiger partial charge is 0.405 e. The second-order valence-corrected chi connectivity index (χ2v) is 7.31. The average Bonchev–Trinajstić information content (AvgIpc) is 3.37. The zero-order chi connectivity index (χ0) is 19.5. The van der Waals surface area contributed by atoms with E-state index in [9.17, 15) is 4.79 Å². The number of hydrogen-bond acceptors (Lipinski definition) is 5. The summed E-state index contributed by atoms with van der Waals surface area (Å²) in [5, 5.41) is 11.5. The fourth-order valence-corrected chi connectivity index (χ4v) is 3.63. The number of rotatable bonds is 5. The number of anilines is 1. The van der Waals surface area contributed by atoms with Gasteiger partial charge in [0, 0.05) is 18.7 Å². The van der Waals surface area contributed by atoms with E-state index in [4.69, 9.17) is 4.42 Å². The van der Waals surface area contributed by atoms with Crippen LogP contribution in [0, 0.1) is 13.8 Å². The second kappa shape index (κ2) is 7.84. The molecule has 1 aromatic heterocycles. The predicted molar refractivity (Wildman–Crippen MR) is 107 cm³/mol. The highest BCUT2D eigenvalue weighted by atomic mass is 16.4. The number of carbonyl (C=O) groups is 1. The van der Waals surface area contributed by atoms with Gasteiger partial charge < -0.3 is 14.6 Å². The summed E-state index contributed by atoms with van der Waals surface area (Å²) >= 11 is 0. The number of benzene rings is 2. The number of aromatic nitrogens is 2. The molecule has 0 unspecified atom stereocenters. The molecule has 4 rings (SSSR count). The number of nitrogens with one attached hydrogen (secondary N) is 1. The summed E-state index contributed by atoms with van der Waals surface area (Å²) in [4.78, 5) is 15.0. The minimum absolute atomic E-state index is 0.165. The van der Waals surface area contributed by atoms with E-state index in [0.29, 0.717) is 17.5 Å². The number of nitrogens with zero attached hydrogens (tertiary/aromatic N) is 3. The Hall–Kier alpha value is -3.15. The van der Waals surface area contributed by atoms with Crippen molar-refractivity contribution in [3.63, 3.8) is 0 Å². The van der Waals surface area contributed by atoms with Crippen LogP contribution in [0.1, 0.15) is 51.8 Å². The Labute approximate surface area is 164 Å². The highest BCUT2D eigenvalue weighted by Gasteiger charge is 2.26. The van der Waals surface area contributed by atoms with Gasteiger partial charge in [0.1, 0.15) is 6.04 Å². The first-order chi connectivity index (χ1) is 13.6. The van der Waals surface area contributed by atoms with Crippen LogP contribution in [-0.2, 0) is 0 Å². The molecule has 6 heteroatoms. The molecule has 28 heavy (non-hydrogen) atoms. The molecule has 1 saturated heterocycles. The summed E-state index contributed by atoms with van der Waals surface area (Å²) in [6.07, 6.45) is 2.26. The van der Waals surface area contributed by atoms with Crippen LogP contribution < -0.4 is 10.2 Å². The summed E-state index contributed by atoms with van der Waals surface area (Å²) in [6.45, 7) is 5.82. The molecular formula is C22H24N4O2. The third-order valence-corrected chi connectivity index (χ3v) is 4.95. The fourth-order valence-electron chi connectivity index (χ4n) is 3.63. The second-order valence-electron chi connectivity index (χ2n) is 7.31. The fraction of sp³-hybridized carbons (Fsp3) is 0.318. The van der Waals surface area contributed by atoms with Crippen molar-refractivity contribution in [3.8, 4) is 0 Å². The van der Waals surface area contributed by atoms with E-state index in [1.165, 1.54) is 0 Å². The van der Waals surface area contributed by atoms with Gasteiger partial charge >= 0.3 is 6.01 Å². The van der Waals surface area contributed by atoms with Crippen LogP contribution in [-0.4, -0.2) is 29.2 Å². The van der Waals surface area contributed by atoms with Crippen molar-refractivity contribution in [3.05, 3.63) is 76.7 Å². The summed E-state index contributed by atoms with van der Waals surface area (Å²) in [5.41, 5.74) is 3.63. The SMILES string of the molecule is Cc1cc(C)cc(C(=O)N[C@H](c2ccccc2)c2nnc(N3CCCC3)o2)c1. The molecule has 0 spiro atoms. The molecule has 1 atom stereocenters. The summed E-state index contributed by atoms with van der Waals surface area (Å²) < 4.78 is 5.96. The number of amides is 1. The molecule has 0 radical (unpaired) electrons. The van der Waals surface area contributed by atoms with E-state index >= 15 is 0 Å². The summed E-state index contributed by atoms with van der Waals surface area (Å²) in [5.74, 6) is 0.229. The van der Waals surface area contributed by atoms with Crippen molar-refractivity contribution in [2.24, 2.45) is 0 Å². The van der Waals surface area contributed by atoms with Crippen molar-refractivity contribution in [2.45, 2.75) is 32.7 Å². The lowest BCUT2D eigenvalue weighted by molar-refractivity contribution is 0.0937. The third-order valence-electron chi connectivity index (χ3n) is 4.95. The Balaban J connectivity index is 1.63. The van der Waals surface area contributed by atoms with E-state index in [-0.39, 0.29) is 5.91 Å². The quantitative estimate of drug-likeness (QED) is 0.733. The normalized spacial score (nSPS) is 14.9. The first-order valence-electron chi connectivity index (χ1n) is 9.62. The maximum atomic E-state index is 13.0. The van der Waals surface area contributed by atoms with Gasteiger partial charge in [0.05, 0.1) is 0 Å². The molecule has 0 bridgehead atoms. The topological polar surface area (TPSA) is 71.3 Å². The molecule has 1 aliphatic rings. The zero-order valence-corrected chi connectivity index (χ0v) is 16.2. The molecule has 2 aromatic carbocycles. The highest BCUT2D eigenvalue weighted by Crippen LogP contribution is 2.26. The Morgan fingerprint density at radius 1 is 1.04 bits per heavy atom. The Morgan fingerprint density at radius 2 is 1.71 bits per heavy atom. The van der Waals surface area contributed by atoms with Crippen LogP contribution in [0.2, 0.25) is 0 Å². The first-order valence-corrected chi connectivity index (χ1v) is 9.62. The molecule has 3 aromatic rings. The van der Waals surface area contributed by atoms with Gasteiger partial charge in [-0.05, 0) is 44.4 Å². The van der Waals surface area contributed by atoms with Crippen molar-refractivity contribution < 1.29 is 9.21 Å².